The fraction of sp³-hybridized carbons (Fsp3) is 0.0625. The smallest absolute Gasteiger partial charge is 0.335 e. The van der Waals surface area contributed by atoms with Crippen LogP contribution in [0.25, 0.3) is 0 Å². The monoisotopic (exact) mass is 353 g/mol. The minimum Gasteiger partial charge on any atom is -0.478 e. The van der Waals surface area contributed by atoms with Gasteiger partial charge < -0.3 is 16.2 Å². The van der Waals surface area contributed by atoms with Gasteiger partial charge in [-0.1, -0.05) is 11.8 Å². The van der Waals surface area contributed by atoms with Crippen molar-refractivity contribution in [3.05, 3.63) is 47.0 Å². The molecule has 0 saturated heterocycles. The molecule has 0 aliphatic heterocycles. The molecule has 0 radical (unpaired) electrons. The van der Waals surface area contributed by atoms with E-state index in [0.29, 0.717) is 5.69 Å². The van der Waals surface area contributed by atoms with Crippen LogP contribution in [0, 0.1) is 22.7 Å². The summed E-state index contributed by atoms with van der Waals surface area (Å²) in [7, 11) is 0. The van der Waals surface area contributed by atoms with Crippen molar-refractivity contribution >= 4 is 35.1 Å². The van der Waals surface area contributed by atoms with Gasteiger partial charge in [-0.15, -0.1) is 0 Å². The zero-order chi connectivity index (χ0) is 18.4. The summed E-state index contributed by atoms with van der Waals surface area (Å²) in [6, 6.07) is 10.8. The Bertz CT molecular complexity index is 913. The number of nitrogens with two attached hydrogens (primary N) is 1. The summed E-state index contributed by atoms with van der Waals surface area (Å²) in [6.07, 6.45) is 0. The van der Waals surface area contributed by atoms with Crippen LogP contribution in [0.2, 0.25) is 0 Å². The number of carbonyl (C=O) groups excluding carboxylic acids is 1. The molecule has 4 N–H and O–H groups in total. The van der Waals surface area contributed by atoms with Gasteiger partial charge in [0.05, 0.1) is 22.4 Å². The highest BCUT2D eigenvalue weighted by atomic mass is 32.2. The minimum absolute atomic E-state index is 0.00586. The third-order valence-electron chi connectivity index (χ3n) is 3.01. The second-order valence-corrected chi connectivity index (χ2v) is 5.68. The first-order chi connectivity index (χ1) is 11.9. The topological polar surface area (TPSA) is 153 Å². The Kier molecular flexibility index (Phi) is 5.56. The average Bonchev–Trinajstić information content (AvgIpc) is 2.60. The van der Waals surface area contributed by atoms with Crippen LogP contribution in [0.5, 0.6) is 0 Å². The van der Waals surface area contributed by atoms with E-state index in [1.807, 2.05) is 12.1 Å². The molecule has 2 aromatic rings. The number of thioether (sulfide) groups is 1. The molecule has 9 heteroatoms. The maximum absolute atomic E-state index is 12.0. The number of nitrogens with one attached hydrogen (secondary N) is 1. The molecular weight excluding hydrogens is 342 g/mol. The summed E-state index contributed by atoms with van der Waals surface area (Å²) in [5.74, 6) is -1.45. The van der Waals surface area contributed by atoms with Crippen molar-refractivity contribution in [1.82, 2.24) is 4.98 Å². The van der Waals surface area contributed by atoms with Crippen LogP contribution in [-0.2, 0) is 4.79 Å². The maximum atomic E-state index is 12.0. The van der Waals surface area contributed by atoms with Crippen LogP contribution >= 0.6 is 11.8 Å². The molecule has 1 aromatic carbocycles. The average molecular weight is 353 g/mol. The number of carboxylic acid groups (broad SMARTS) is 1. The molecule has 0 saturated carbocycles. The van der Waals surface area contributed by atoms with Gasteiger partial charge in [0.2, 0.25) is 5.91 Å². The molecule has 2 rings (SSSR count). The molecule has 0 bridgehead atoms. The first kappa shape index (κ1) is 17.8. The minimum atomic E-state index is -1.05. The third-order valence-corrected chi connectivity index (χ3v) is 4.00. The lowest BCUT2D eigenvalue weighted by Crippen LogP contribution is -2.14. The van der Waals surface area contributed by atoms with Crippen LogP contribution in [0.15, 0.2) is 35.4 Å². The first-order valence-electron chi connectivity index (χ1n) is 6.81. The highest BCUT2D eigenvalue weighted by Gasteiger charge is 2.12. The van der Waals surface area contributed by atoms with Gasteiger partial charge in [0, 0.05) is 5.69 Å². The van der Waals surface area contributed by atoms with Gasteiger partial charge in [0.1, 0.15) is 23.0 Å². The van der Waals surface area contributed by atoms with Gasteiger partial charge in [-0.3, -0.25) is 4.79 Å². The molecule has 25 heavy (non-hydrogen) atoms. The molecule has 0 fully saturated rings. The lowest BCUT2D eigenvalue weighted by atomic mass is 10.2. The van der Waals surface area contributed by atoms with Crippen molar-refractivity contribution < 1.29 is 14.7 Å². The van der Waals surface area contributed by atoms with Crippen molar-refractivity contribution in [2.45, 2.75) is 5.03 Å². The predicted molar refractivity (Wildman–Crippen MR) is 90.8 cm³/mol. The normalized spacial score (nSPS) is 9.68. The zero-order valence-electron chi connectivity index (χ0n) is 12.7. The predicted octanol–water partition coefficient (Wildman–Crippen LogP) is 1.84. The van der Waals surface area contributed by atoms with Crippen molar-refractivity contribution in [2.24, 2.45) is 0 Å². The van der Waals surface area contributed by atoms with Crippen LogP contribution in [-0.4, -0.2) is 27.7 Å². The fourth-order valence-corrected chi connectivity index (χ4v) is 2.58. The number of nitrogen functional groups attached to an aromatic ring is 1. The number of hydrogen-bond acceptors (Lipinski definition) is 7. The summed E-state index contributed by atoms with van der Waals surface area (Å²) < 4.78 is 0. The zero-order valence-corrected chi connectivity index (χ0v) is 13.5. The summed E-state index contributed by atoms with van der Waals surface area (Å²) in [5.41, 5.74) is 6.44. The molecule has 1 heterocycles. The number of rotatable bonds is 5. The highest BCUT2D eigenvalue weighted by Crippen LogP contribution is 2.24. The van der Waals surface area contributed by atoms with Gasteiger partial charge in [0.25, 0.3) is 0 Å². The third kappa shape index (κ3) is 4.47. The molecule has 0 unspecified atom stereocenters. The Labute approximate surface area is 146 Å². The molecule has 8 nitrogen and oxygen atoms in total. The SMILES string of the molecule is N#Cc1cc(C#N)c(SCC(=O)Nc2ccc(C(=O)O)cc2)nc1N. The number of carbonyl (C=O) groups is 2. The van der Waals surface area contributed by atoms with Crippen LogP contribution < -0.4 is 11.1 Å². The van der Waals surface area contributed by atoms with Gasteiger partial charge in [-0.05, 0) is 30.3 Å². The Morgan fingerprint density at radius 3 is 2.40 bits per heavy atom. The van der Waals surface area contributed by atoms with E-state index in [-0.39, 0.29) is 39.2 Å². The molecule has 0 aliphatic rings. The van der Waals surface area contributed by atoms with Gasteiger partial charge in [0.15, 0.2) is 0 Å². The van der Waals surface area contributed by atoms with Gasteiger partial charge in [-0.2, -0.15) is 10.5 Å². The van der Waals surface area contributed by atoms with E-state index in [4.69, 9.17) is 21.4 Å². The number of benzene rings is 1. The number of aromatic nitrogens is 1. The van der Waals surface area contributed by atoms with E-state index in [1.165, 1.54) is 30.3 Å². The lowest BCUT2D eigenvalue weighted by molar-refractivity contribution is -0.113. The fourth-order valence-electron chi connectivity index (χ4n) is 1.82. The summed E-state index contributed by atoms with van der Waals surface area (Å²) in [6.45, 7) is 0. The number of hydrogen-bond donors (Lipinski definition) is 3. The Morgan fingerprint density at radius 1 is 1.20 bits per heavy atom. The largest absolute Gasteiger partial charge is 0.478 e. The van der Waals surface area contributed by atoms with E-state index in [2.05, 4.69) is 10.3 Å². The molecule has 0 atom stereocenters. The standard InChI is InChI=1S/C16H11N5O3S/c17-6-10-5-11(7-18)15(21-14(10)19)25-8-13(22)20-12-3-1-9(2-4-12)16(23)24/h1-5H,8H2,(H2,19,21)(H,20,22)(H,23,24). The number of anilines is 2. The second-order valence-electron chi connectivity index (χ2n) is 4.72. The van der Waals surface area contributed by atoms with Crippen molar-refractivity contribution in [3.63, 3.8) is 0 Å². The Balaban J connectivity index is 2.03. The summed E-state index contributed by atoms with van der Waals surface area (Å²) >= 11 is 1.01. The molecule has 0 aliphatic carbocycles. The molecule has 1 aromatic heterocycles. The number of nitriles is 2. The van der Waals surface area contributed by atoms with E-state index in [9.17, 15) is 9.59 Å². The van der Waals surface area contributed by atoms with Crippen molar-refractivity contribution in [1.29, 1.82) is 10.5 Å². The second kappa shape index (κ2) is 7.81. The van der Waals surface area contributed by atoms with Crippen molar-refractivity contribution in [2.75, 3.05) is 16.8 Å². The number of aromatic carboxylic acids is 1. The lowest BCUT2D eigenvalue weighted by Gasteiger charge is -2.07. The van der Waals surface area contributed by atoms with Gasteiger partial charge in [-0.25, -0.2) is 9.78 Å². The molecular formula is C16H11N5O3S. The van der Waals surface area contributed by atoms with E-state index in [0.717, 1.165) is 11.8 Å². The molecule has 124 valence electrons. The first-order valence-corrected chi connectivity index (χ1v) is 7.80. The van der Waals surface area contributed by atoms with E-state index >= 15 is 0 Å². The summed E-state index contributed by atoms with van der Waals surface area (Å²) in [5, 5.41) is 29.7. The van der Waals surface area contributed by atoms with Crippen molar-refractivity contribution in [3.8, 4) is 12.1 Å². The van der Waals surface area contributed by atoms with E-state index < -0.39 is 5.97 Å². The molecule has 0 spiro atoms. The number of amides is 1. The Morgan fingerprint density at radius 2 is 1.84 bits per heavy atom. The Hall–Kier alpha value is -3.56. The quantitative estimate of drug-likeness (QED) is 0.688. The molecule has 1 amide bonds. The summed E-state index contributed by atoms with van der Waals surface area (Å²) in [4.78, 5) is 26.7. The maximum Gasteiger partial charge on any atom is 0.335 e. The van der Waals surface area contributed by atoms with Crippen LogP contribution in [0.4, 0.5) is 11.5 Å². The number of nitrogens with zero attached hydrogens (tertiary/aromatic N) is 3. The highest BCUT2D eigenvalue weighted by molar-refractivity contribution is 8.00. The van der Waals surface area contributed by atoms with Crippen LogP contribution in [0.3, 0.4) is 0 Å². The van der Waals surface area contributed by atoms with Crippen LogP contribution in [0.1, 0.15) is 21.5 Å². The number of carboxylic acids is 1. The van der Waals surface area contributed by atoms with Gasteiger partial charge >= 0.3 is 5.97 Å². The van der Waals surface area contributed by atoms with E-state index in [1.54, 1.807) is 0 Å². The number of pyridine rings is 1.